The summed E-state index contributed by atoms with van der Waals surface area (Å²) in [4.78, 5) is 0. The fraction of sp³-hybridized carbons (Fsp3) is 0.143. The summed E-state index contributed by atoms with van der Waals surface area (Å²) in [6, 6.07) is 10.8. The van der Waals surface area contributed by atoms with Gasteiger partial charge >= 0.3 is 0 Å². The molecule has 0 aliphatic carbocycles. The van der Waals surface area contributed by atoms with E-state index in [0.29, 0.717) is 0 Å². The Hall–Kier alpha value is -1.81. The van der Waals surface area contributed by atoms with E-state index in [1.54, 1.807) is 24.3 Å². The van der Waals surface area contributed by atoms with Gasteiger partial charge in [0.15, 0.2) is 17.5 Å². The number of aliphatic hydroxyl groups is 1. The summed E-state index contributed by atoms with van der Waals surface area (Å²) in [7, 11) is 0. The summed E-state index contributed by atoms with van der Waals surface area (Å²) >= 11 is 0. The Balaban J connectivity index is 2.24. The van der Waals surface area contributed by atoms with Gasteiger partial charge in [0.2, 0.25) is 0 Å². The fourth-order valence-electron chi connectivity index (χ4n) is 1.75. The van der Waals surface area contributed by atoms with Crippen molar-refractivity contribution in [3.05, 3.63) is 71.0 Å². The predicted molar refractivity (Wildman–Crippen MR) is 61.4 cm³/mol. The van der Waals surface area contributed by atoms with Gasteiger partial charge in [-0.15, -0.1) is 0 Å². The second-order valence-electron chi connectivity index (χ2n) is 3.97. The zero-order chi connectivity index (χ0) is 13.1. The average Bonchev–Trinajstić information content (AvgIpc) is 2.37. The molecule has 2 aromatic rings. The number of hydrogen-bond donors (Lipinski definition) is 1. The monoisotopic (exact) mass is 252 g/mol. The molecule has 0 fully saturated rings. The molecule has 1 nitrogen and oxygen atoms in total. The van der Waals surface area contributed by atoms with Crippen molar-refractivity contribution in [1.82, 2.24) is 0 Å². The molecular weight excluding hydrogens is 241 g/mol. The second-order valence-corrected chi connectivity index (χ2v) is 3.97. The molecule has 0 bridgehead atoms. The summed E-state index contributed by atoms with van der Waals surface area (Å²) in [6.45, 7) is 0. The fourth-order valence-corrected chi connectivity index (χ4v) is 1.75. The van der Waals surface area contributed by atoms with Crippen LogP contribution in [0, 0.1) is 17.5 Å². The van der Waals surface area contributed by atoms with Crippen LogP contribution in [0.25, 0.3) is 0 Å². The average molecular weight is 252 g/mol. The lowest BCUT2D eigenvalue weighted by atomic mass is 10.0. The van der Waals surface area contributed by atoms with Gasteiger partial charge in [-0.1, -0.05) is 36.4 Å². The van der Waals surface area contributed by atoms with Gasteiger partial charge in [-0.05, 0) is 11.6 Å². The van der Waals surface area contributed by atoms with Crippen LogP contribution in [0.1, 0.15) is 17.2 Å². The topological polar surface area (TPSA) is 20.2 Å². The first-order chi connectivity index (χ1) is 8.59. The molecule has 2 aromatic carbocycles. The normalized spacial score (nSPS) is 12.4. The van der Waals surface area contributed by atoms with E-state index in [-0.39, 0.29) is 12.0 Å². The highest BCUT2D eigenvalue weighted by Gasteiger charge is 2.19. The van der Waals surface area contributed by atoms with Gasteiger partial charge in [0.1, 0.15) is 0 Å². The van der Waals surface area contributed by atoms with Crippen molar-refractivity contribution in [2.75, 3.05) is 0 Å². The molecule has 0 saturated carbocycles. The molecule has 0 heterocycles. The minimum atomic E-state index is -1.56. The van der Waals surface area contributed by atoms with E-state index in [0.717, 1.165) is 17.7 Å². The Morgan fingerprint density at radius 3 is 2.22 bits per heavy atom. The Bertz CT molecular complexity index is 540. The summed E-state index contributed by atoms with van der Waals surface area (Å²) in [5.41, 5.74) is 0.548. The van der Waals surface area contributed by atoms with Crippen molar-refractivity contribution >= 4 is 0 Å². The highest BCUT2D eigenvalue weighted by Crippen LogP contribution is 2.24. The van der Waals surface area contributed by atoms with Crippen molar-refractivity contribution in [1.29, 1.82) is 0 Å². The largest absolute Gasteiger partial charge is 0.388 e. The van der Waals surface area contributed by atoms with Crippen LogP contribution in [0.4, 0.5) is 13.2 Å². The molecule has 94 valence electrons. The second kappa shape index (κ2) is 5.23. The van der Waals surface area contributed by atoms with Gasteiger partial charge in [0.05, 0.1) is 6.10 Å². The SMILES string of the molecule is OC(Cc1ccccc1)c1ccc(F)c(F)c1F. The van der Waals surface area contributed by atoms with Gasteiger partial charge in [-0.3, -0.25) is 0 Å². The van der Waals surface area contributed by atoms with E-state index in [4.69, 9.17) is 0 Å². The van der Waals surface area contributed by atoms with Crippen LogP contribution < -0.4 is 0 Å². The molecule has 0 spiro atoms. The molecule has 0 radical (unpaired) electrons. The van der Waals surface area contributed by atoms with Crippen LogP contribution in [0.2, 0.25) is 0 Å². The van der Waals surface area contributed by atoms with Crippen LogP contribution in [0.5, 0.6) is 0 Å². The minimum absolute atomic E-state index is 0.142. The van der Waals surface area contributed by atoms with Crippen molar-refractivity contribution in [3.63, 3.8) is 0 Å². The third kappa shape index (κ3) is 2.54. The molecule has 0 aromatic heterocycles. The van der Waals surface area contributed by atoms with E-state index in [2.05, 4.69) is 0 Å². The van der Waals surface area contributed by atoms with E-state index < -0.39 is 23.6 Å². The van der Waals surface area contributed by atoms with E-state index in [9.17, 15) is 18.3 Å². The maximum absolute atomic E-state index is 13.4. The third-order valence-corrected chi connectivity index (χ3v) is 2.70. The lowest BCUT2D eigenvalue weighted by molar-refractivity contribution is 0.172. The third-order valence-electron chi connectivity index (χ3n) is 2.70. The highest BCUT2D eigenvalue weighted by atomic mass is 19.2. The molecular formula is C14H11F3O. The Kier molecular flexibility index (Phi) is 3.67. The molecule has 0 amide bonds. The quantitative estimate of drug-likeness (QED) is 0.830. The van der Waals surface area contributed by atoms with Crippen LogP contribution >= 0.6 is 0 Å². The first kappa shape index (κ1) is 12.6. The van der Waals surface area contributed by atoms with Gasteiger partial charge in [-0.2, -0.15) is 0 Å². The number of halogens is 3. The first-order valence-corrected chi connectivity index (χ1v) is 5.45. The molecule has 1 unspecified atom stereocenters. The van der Waals surface area contributed by atoms with Crippen molar-refractivity contribution in [2.24, 2.45) is 0 Å². The zero-order valence-electron chi connectivity index (χ0n) is 9.41. The zero-order valence-corrected chi connectivity index (χ0v) is 9.41. The van der Waals surface area contributed by atoms with Crippen LogP contribution in [-0.2, 0) is 6.42 Å². The van der Waals surface area contributed by atoms with Gasteiger partial charge in [0, 0.05) is 12.0 Å². The van der Waals surface area contributed by atoms with E-state index in [1.165, 1.54) is 0 Å². The molecule has 2 rings (SSSR count). The van der Waals surface area contributed by atoms with Gasteiger partial charge in [0.25, 0.3) is 0 Å². The number of benzene rings is 2. The molecule has 1 N–H and O–H groups in total. The number of rotatable bonds is 3. The number of aliphatic hydroxyl groups excluding tert-OH is 1. The summed E-state index contributed by atoms with van der Waals surface area (Å²) in [5, 5.41) is 9.84. The molecule has 4 heteroatoms. The Morgan fingerprint density at radius 2 is 1.56 bits per heavy atom. The maximum Gasteiger partial charge on any atom is 0.194 e. The van der Waals surface area contributed by atoms with E-state index in [1.807, 2.05) is 6.07 Å². The standard InChI is InChI=1S/C14H11F3O/c15-11-7-6-10(13(16)14(11)17)12(18)8-9-4-2-1-3-5-9/h1-7,12,18H,8H2. The minimum Gasteiger partial charge on any atom is -0.388 e. The Labute approximate surface area is 103 Å². The van der Waals surface area contributed by atoms with Crippen LogP contribution in [-0.4, -0.2) is 5.11 Å². The van der Waals surface area contributed by atoms with Crippen molar-refractivity contribution in [3.8, 4) is 0 Å². The molecule has 1 atom stereocenters. The summed E-state index contributed by atoms with van der Waals surface area (Å²) < 4.78 is 39.2. The first-order valence-electron chi connectivity index (χ1n) is 5.45. The lowest BCUT2D eigenvalue weighted by Gasteiger charge is -2.12. The van der Waals surface area contributed by atoms with Crippen LogP contribution in [0.15, 0.2) is 42.5 Å². The molecule has 0 aliphatic heterocycles. The highest BCUT2D eigenvalue weighted by molar-refractivity contribution is 5.25. The molecule has 0 aliphatic rings. The summed E-state index contributed by atoms with van der Waals surface area (Å²) in [6.07, 6.45) is -1.06. The lowest BCUT2D eigenvalue weighted by Crippen LogP contribution is -2.07. The molecule has 0 saturated heterocycles. The van der Waals surface area contributed by atoms with Crippen molar-refractivity contribution in [2.45, 2.75) is 12.5 Å². The molecule has 18 heavy (non-hydrogen) atoms. The number of hydrogen-bond acceptors (Lipinski definition) is 1. The smallest absolute Gasteiger partial charge is 0.194 e. The van der Waals surface area contributed by atoms with Gasteiger partial charge < -0.3 is 5.11 Å². The van der Waals surface area contributed by atoms with Crippen LogP contribution in [0.3, 0.4) is 0 Å². The van der Waals surface area contributed by atoms with Gasteiger partial charge in [-0.25, -0.2) is 13.2 Å². The van der Waals surface area contributed by atoms with E-state index >= 15 is 0 Å². The summed E-state index contributed by atoms with van der Waals surface area (Å²) in [5.74, 6) is -4.15. The van der Waals surface area contributed by atoms with Crippen molar-refractivity contribution < 1.29 is 18.3 Å². The maximum atomic E-state index is 13.4. The Morgan fingerprint density at radius 1 is 0.889 bits per heavy atom. The predicted octanol–water partition coefficient (Wildman–Crippen LogP) is 3.38.